The molecule has 1 aliphatic carbocycles. The number of benzene rings is 1. The third kappa shape index (κ3) is 3.28. The summed E-state index contributed by atoms with van der Waals surface area (Å²) < 4.78 is 0. The molecule has 0 aromatic heterocycles. The van der Waals surface area contributed by atoms with Gasteiger partial charge < -0.3 is 5.73 Å². The van der Waals surface area contributed by atoms with Gasteiger partial charge in [0.25, 0.3) is 0 Å². The van der Waals surface area contributed by atoms with E-state index in [4.69, 9.17) is 11.0 Å². The van der Waals surface area contributed by atoms with E-state index in [0.717, 1.165) is 37.2 Å². The topological polar surface area (TPSA) is 49.8 Å². The van der Waals surface area contributed by atoms with Crippen molar-refractivity contribution >= 4 is 11.8 Å². The Hall–Kier alpha value is -0.980. The van der Waals surface area contributed by atoms with Gasteiger partial charge in [-0.2, -0.15) is 17.0 Å². The fraction of sp³-hybridized carbons (Fsp3) is 0.533. The molecule has 0 heterocycles. The first-order chi connectivity index (χ1) is 8.74. The van der Waals surface area contributed by atoms with Crippen molar-refractivity contribution in [2.45, 2.75) is 37.0 Å². The highest BCUT2D eigenvalue weighted by molar-refractivity contribution is 7.98. The lowest BCUT2D eigenvalue weighted by Crippen LogP contribution is -2.41. The average Bonchev–Trinajstić information content (AvgIpc) is 2.78. The van der Waals surface area contributed by atoms with Crippen LogP contribution < -0.4 is 5.73 Å². The van der Waals surface area contributed by atoms with Crippen molar-refractivity contribution in [2.24, 2.45) is 11.7 Å². The van der Waals surface area contributed by atoms with Crippen molar-refractivity contribution in [1.82, 2.24) is 0 Å². The lowest BCUT2D eigenvalue weighted by molar-refractivity contribution is 0.389. The molecular weight excluding hydrogens is 240 g/mol. The molecular formula is C15H20N2S. The van der Waals surface area contributed by atoms with Gasteiger partial charge in [0.1, 0.15) is 5.54 Å². The van der Waals surface area contributed by atoms with Crippen LogP contribution in [0.5, 0.6) is 0 Å². The summed E-state index contributed by atoms with van der Waals surface area (Å²) in [5.41, 5.74) is 6.95. The van der Waals surface area contributed by atoms with Gasteiger partial charge in [-0.25, -0.2) is 0 Å². The minimum absolute atomic E-state index is 0.394. The molecule has 0 amide bonds. The number of nitrogens with two attached hydrogens (primary N) is 1. The van der Waals surface area contributed by atoms with Crippen molar-refractivity contribution < 1.29 is 0 Å². The van der Waals surface area contributed by atoms with Gasteiger partial charge in [-0.1, -0.05) is 36.8 Å². The molecule has 3 heteroatoms. The lowest BCUT2D eigenvalue weighted by atomic mass is 9.88. The second-order valence-electron chi connectivity index (χ2n) is 5.07. The van der Waals surface area contributed by atoms with E-state index in [2.05, 4.69) is 30.3 Å². The van der Waals surface area contributed by atoms with E-state index in [1.54, 1.807) is 0 Å². The molecule has 1 aliphatic rings. The quantitative estimate of drug-likeness (QED) is 0.826. The number of hydrogen-bond acceptors (Lipinski definition) is 3. The van der Waals surface area contributed by atoms with Crippen molar-refractivity contribution in [3.8, 4) is 6.07 Å². The van der Waals surface area contributed by atoms with E-state index in [1.807, 2.05) is 17.8 Å². The third-order valence-electron chi connectivity index (χ3n) is 3.80. The summed E-state index contributed by atoms with van der Waals surface area (Å²) in [4.78, 5) is 0. The molecule has 1 saturated carbocycles. The van der Waals surface area contributed by atoms with E-state index in [1.165, 1.54) is 5.56 Å². The van der Waals surface area contributed by atoms with Gasteiger partial charge in [0.15, 0.2) is 0 Å². The van der Waals surface area contributed by atoms with Crippen LogP contribution in [-0.4, -0.2) is 11.3 Å². The summed E-state index contributed by atoms with van der Waals surface area (Å²) in [5, 5.41) is 9.15. The maximum Gasteiger partial charge on any atom is 0.107 e. The van der Waals surface area contributed by atoms with E-state index in [-0.39, 0.29) is 0 Å². The number of nitriles is 1. The van der Waals surface area contributed by atoms with Crippen LogP contribution in [0.2, 0.25) is 0 Å². The zero-order chi connectivity index (χ0) is 12.8. The highest BCUT2D eigenvalue weighted by atomic mass is 32.2. The summed E-state index contributed by atoms with van der Waals surface area (Å²) >= 11 is 1.94. The van der Waals surface area contributed by atoms with E-state index in [9.17, 15) is 0 Å². The number of hydrogen-bond donors (Lipinski definition) is 1. The highest BCUT2D eigenvalue weighted by Gasteiger charge is 2.39. The van der Waals surface area contributed by atoms with E-state index >= 15 is 0 Å². The Morgan fingerprint density at radius 2 is 2.17 bits per heavy atom. The monoisotopic (exact) mass is 260 g/mol. The van der Waals surface area contributed by atoms with Gasteiger partial charge in [0.2, 0.25) is 0 Å². The molecule has 2 unspecified atom stereocenters. The summed E-state index contributed by atoms with van der Waals surface area (Å²) in [6.45, 7) is 0. The van der Waals surface area contributed by atoms with Crippen LogP contribution in [0.1, 0.15) is 31.2 Å². The number of rotatable bonds is 5. The van der Waals surface area contributed by atoms with Crippen LogP contribution in [0.4, 0.5) is 0 Å². The Morgan fingerprint density at radius 3 is 2.89 bits per heavy atom. The van der Waals surface area contributed by atoms with Crippen LogP contribution in [0, 0.1) is 17.2 Å². The second-order valence-corrected chi connectivity index (χ2v) is 6.17. The minimum Gasteiger partial charge on any atom is -0.313 e. The van der Waals surface area contributed by atoms with Crippen molar-refractivity contribution in [1.29, 1.82) is 5.26 Å². The van der Waals surface area contributed by atoms with Gasteiger partial charge in [-0.05, 0) is 36.5 Å². The molecule has 96 valence electrons. The molecule has 1 aromatic carbocycles. The Kier molecular flexibility index (Phi) is 4.68. The molecule has 2 rings (SSSR count). The van der Waals surface area contributed by atoms with Crippen LogP contribution in [-0.2, 0) is 5.75 Å². The summed E-state index contributed by atoms with van der Waals surface area (Å²) in [6, 6.07) is 12.8. The second kappa shape index (κ2) is 6.26. The predicted molar refractivity (Wildman–Crippen MR) is 77.1 cm³/mol. The van der Waals surface area contributed by atoms with Crippen molar-refractivity contribution in [3.05, 3.63) is 35.9 Å². The van der Waals surface area contributed by atoms with Crippen LogP contribution in [0.3, 0.4) is 0 Å². The average molecular weight is 260 g/mol. The molecule has 0 bridgehead atoms. The molecule has 0 aliphatic heterocycles. The maximum absolute atomic E-state index is 9.15. The first kappa shape index (κ1) is 13.5. The zero-order valence-electron chi connectivity index (χ0n) is 10.6. The standard InChI is InChI=1S/C15H20N2S/c16-12-15(17)9-4-7-14(15)8-10-18-11-13-5-2-1-3-6-13/h1-3,5-6,14H,4,7-11,17H2. The first-order valence-corrected chi connectivity index (χ1v) is 7.72. The maximum atomic E-state index is 9.15. The van der Waals surface area contributed by atoms with Crippen LogP contribution in [0.15, 0.2) is 30.3 Å². The number of thioether (sulfide) groups is 1. The van der Waals surface area contributed by atoms with E-state index in [0.29, 0.717) is 5.92 Å². The Labute approximate surface area is 114 Å². The largest absolute Gasteiger partial charge is 0.313 e. The van der Waals surface area contributed by atoms with Gasteiger partial charge in [-0.15, -0.1) is 0 Å². The SMILES string of the molecule is N#CC1(N)CCCC1CCSCc1ccccc1. The van der Waals surface area contributed by atoms with Crippen molar-refractivity contribution in [2.75, 3.05) is 5.75 Å². The molecule has 0 saturated heterocycles. The van der Waals surface area contributed by atoms with Gasteiger partial charge >= 0.3 is 0 Å². The molecule has 0 spiro atoms. The minimum atomic E-state index is -0.548. The Morgan fingerprint density at radius 1 is 1.39 bits per heavy atom. The predicted octanol–water partition coefficient (Wildman–Crippen LogP) is 3.33. The molecule has 18 heavy (non-hydrogen) atoms. The lowest BCUT2D eigenvalue weighted by Gasteiger charge is -2.23. The third-order valence-corrected chi connectivity index (χ3v) is 4.86. The van der Waals surface area contributed by atoms with Crippen molar-refractivity contribution in [3.63, 3.8) is 0 Å². The van der Waals surface area contributed by atoms with Gasteiger partial charge in [0.05, 0.1) is 6.07 Å². The smallest absolute Gasteiger partial charge is 0.107 e. The summed E-state index contributed by atoms with van der Waals surface area (Å²) in [7, 11) is 0. The van der Waals surface area contributed by atoms with Gasteiger partial charge in [-0.3, -0.25) is 0 Å². The molecule has 1 aromatic rings. The highest BCUT2D eigenvalue weighted by Crippen LogP contribution is 2.36. The zero-order valence-corrected chi connectivity index (χ0v) is 11.5. The molecule has 2 N–H and O–H groups in total. The Bertz CT molecular complexity index is 412. The van der Waals surface area contributed by atoms with Crippen LogP contribution in [0.25, 0.3) is 0 Å². The normalized spacial score (nSPS) is 27.0. The number of nitrogens with zero attached hydrogens (tertiary/aromatic N) is 1. The summed E-state index contributed by atoms with van der Waals surface area (Å²) in [6.07, 6.45) is 4.17. The van der Waals surface area contributed by atoms with E-state index < -0.39 is 5.54 Å². The fourth-order valence-electron chi connectivity index (χ4n) is 2.64. The fourth-order valence-corrected chi connectivity index (χ4v) is 3.67. The molecule has 2 nitrogen and oxygen atoms in total. The summed E-state index contributed by atoms with van der Waals surface area (Å²) in [5.74, 6) is 2.54. The first-order valence-electron chi connectivity index (χ1n) is 6.56. The van der Waals surface area contributed by atoms with Crippen LogP contribution >= 0.6 is 11.8 Å². The molecule has 0 radical (unpaired) electrons. The Balaban J connectivity index is 1.72. The van der Waals surface area contributed by atoms with Gasteiger partial charge in [0, 0.05) is 5.75 Å². The molecule has 1 fully saturated rings. The molecule has 2 atom stereocenters.